The Morgan fingerprint density at radius 3 is 2.81 bits per heavy atom. The number of aliphatic imine (C=N–C) groups is 1. The van der Waals surface area contributed by atoms with Crippen LogP contribution in [0.25, 0.3) is 0 Å². The number of rotatable bonds is 9. The fourth-order valence-electron chi connectivity index (χ4n) is 2.15. The Kier molecular flexibility index (Phi) is 8.32. The van der Waals surface area contributed by atoms with E-state index in [0.29, 0.717) is 5.96 Å². The number of guanidine groups is 1. The van der Waals surface area contributed by atoms with Crippen LogP contribution in [0.15, 0.2) is 23.2 Å². The average Bonchev–Trinajstić information content (AvgIpc) is 2.48. The van der Waals surface area contributed by atoms with Crippen molar-refractivity contribution in [3.05, 3.63) is 29.3 Å². The smallest absolute Gasteiger partial charge is 0.188 e. The topological polar surface area (TPSA) is 59.6 Å². The summed E-state index contributed by atoms with van der Waals surface area (Å²) in [5.41, 5.74) is 8.24. The molecule has 3 N–H and O–H groups in total. The summed E-state index contributed by atoms with van der Waals surface area (Å²) in [6.45, 7) is 5.86. The van der Waals surface area contributed by atoms with Gasteiger partial charge in [-0.3, -0.25) is 4.99 Å². The van der Waals surface area contributed by atoms with Gasteiger partial charge in [-0.1, -0.05) is 38.3 Å². The van der Waals surface area contributed by atoms with Gasteiger partial charge in [-0.2, -0.15) is 0 Å². The minimum Gasteiger partial charge on any atom is -0.496 e. The minimum atomic E-state index is 0.547. The molecule has 0 spiro atoms. The summed E-state index contributed by atoms with van der Waals surface area (Å²) < 4.78 is 5.33. The first kappa shape index (κ1) is 17.3. The van der Waals surface area contributed by atoms with E-state index in [0.717, 1.165) is 37.2 Å². The molecule has 0 aromatic heterocycles. The van der Waals surface area contributed by atoms with Gasteiger partial charge in [0.25, 0.3) is 0 Å². The molecule has 0 heterocycles. The van der Waals surface area contributed by atoms with E-state index in [4.69, 9.17) is 10.5 Å². The van der Waals surface area contributed by atoms with Crippen molar-refractivity contribution in [1.29, 1.82) is 0 Å². The summed E-state index contributed by atoms with van der Waals surface area (Å²) in [5.74, 6) is 1.48. The summed E-state index contributed by atoms with van der Waals surface area (Å²) in [5, 5.41) is 3.16. The van der Waals surface area contributed by atoms with E-state index in [1.54, 1.807) is 7.11 Å². The van der Waals surface area contributed by atoms with Crippen LogP contribution in [0.3, 0.4) is 0 Å². The largest absolute Gasteiger partial charge is 0.496 e. The SMILES string of the molecule is CCCCCCN=C(N)NCCc1ccc(C)c(OC)c1. The van der Waals surface area contributed by atoms with Crippen molar-refractivity contribution in [3.63, 3.8) is 0 Å². The molecule has 0 aliphatic rings. The highest BCUT2D eigenvalue weighted by Crippen LogP contribution is 2.18. The van der Waals surface area contributed by atoms with Crippen LogP contribution in [-0.2, 0) is 6.42 Å². The van der Waals surface area contributed by atoms with E-state index in [-0.39, 0.29) is 0 Å². The van der Waals surface area contributed by atoms with Gasteiger partial charge < -0.3 is 15.8 Å². The molecule has 0 bridgehead atoms. The highest BCUT2D eigenvalue weighted by molar-refractivity contribution is 5.77. The molecule has 0 atom stereocenters. The Morgan fingerprint density at radius 1 is 1.29 bits per heavy atom. The molecular weight excluding hydrogens is 262 g/mol. The maximum absolute atomic E-state index is 5.85. The second kappa shape index (κ2) is 10.1. The Balaban J connectivity index is 2.27. The van der Waals surface area contributed by atoms with E-state index in [2.05, 4.69) is 35.4 Å². The van der Waals surface area contributed by atoms with Gasteiger partial charge in [0.2, 0.25) is 0 Å². The fraction of sp³-hybridized carbons (Fsp3) is 0.588. The van der Waals surface area contributed by atoms with Gasteiger partial charge in [0.05, 0.1) is 7.11 Å². The van der Waals surface area contributed by atoms with Crippen molar-refractivity contribution >= 4 is 5.96 Å². The molecule has 0 aliphatic heterocycles. The van der Waals surface area contributed by atoms with E-state index < -0.39 is 0 Å². The Morgan fingerprint density at radius 2 is 2.10 bits per heavy atom. The number of ether oxygens (including phenoxy) is 1. The summed E-state index contributed by atoms with van der Waals surface area (Å²) in [7, 11) is 1.70. The van der Waals surface area contributed by atoms with Crippen LogP contribution in [-0.4, -0.2) is 26.2 Å². The summed E-state index contributed by atoms with van der Waals surface area (Å²) >= 11 is 0. The number of hydrogen-bond donors (Lipinski definition) is 2. The third kappa shape index (κ3) is 7.02. The first-order chi connectivity index (χ1) is 10.2. The maximum Gasteiger partial charge on any atom is 0.188 e. The molecule has 21 heavy (non-hydrogen) atoms. The maximum atomic E-state index is 5.85. The molecule has 0 unspecified atom stereocenters. The predicted molar refractivity (Wildman–Crippen MR) is 90.1 cm³/mol. The average molecular weight is 291 g/mol. The lowest BCUT2D eigenvalue weighted by molar-refractivity contribution is 0.411. The molecule has 4 heteroatoms. The minimum absolute atomic E-state index is 0.547. The Bertz CT molecular complexity index is 444. The van der Waals surface area contributed by atoms with Crippen molar-refractivity contribution in [1.82, 2.24) is 5.32 Å². The molecule has 0 saturated carbocycles. The molecule has 0 saturated heterocycles. The number of aryl methyl sites for hydroxylation is 1. The van der Waals surface area contributed by atoms with Gasteiger partial charge in [-0.15, -0.1) is 0 Å². The number of nitrogens with two attached hydrogens (primary N) is 1. The number of nitrogens with one attached hydrogen (secondary N) is 1. The molecule has 0 aliphatic carbocycles. The van der Waals surface area contributed by atoms with E-state index >= 15 is 0 Å². The van der Waals surface area contributed by atoms with Crippen LogP contribution < -0.4 is 15.8 Å². The van der Waals surface area contributed by atoms with Gasteiger partial charge >= 0.3 is 0 Å². The third-order valence-electron chi connectivity index (χ3n) is 3.49. The Hall–Kier alpha value is -1.71. The van der Waals surface area contributed by atoms with Gasteiger partial charge in [0.1, 0.15) is 5.75 Å². The van der Waals surface area contributed by atoms with Gasteiger partial charge in [0, 0.05) is 13.1 Å². The van der Waals surface area contributed by atoms with Crippen LogP contribution in [0.1, 0.15) is 43.7 Å². The van der Waals surface area contributed by atoms with Gasteiger partial charge in [0.15, 0.2) is 5.96 Å². The first-order valence-corrected chi connectivity index (χ1v) is 7.84. The van der Waals surface area contributed by atoms with Crippen LogP contribution in [0, 0.1) is 6.92 Å². The molecule has 0 radical (unpaired) electrons. The van der Waals surface area contributed by atoms with E-state index in [9.17, 15) is 0 Å². The molecule has 1 aromatic rings. The lowest BCUT2D eigenvalue weighted by atomic mass is 10.1. The zero-order valence-corrected chi connectivity index (χ0v) is 13.6. The lowest BCUT2D eigenvalue weighted by Gasteiger charge is -2.09. The van der Waals surface area contributed by atoms with Crippen LogP contribution in [0.5, 0.6) is 5.75 Å². The first-order valence-electron chi connectivity index (χ1n) is 7.84. The molecule has 0 amide bonds. The van der Waals surface area contributed by atoms with Crippen LogP contribution >= 0.6 is 0 Å². The molecule has 0 fully saturated rings. The number of nitrogens with zero attached hydrogens (tertiary/aromatic N) is 1. The van der Waals surface area contributed by atoms with Crippen LogP contribution in [0.2, 0.25) is 0 Å². The fourth-order valence-corrected chi connectivity index (χ4v) is 2.15. The monoisotopic (exact) mass is 291 g/mol. The van der Waals surface area contributed by atoms with Crippen molar-refractivity contribution in [2.24, 2.45) is 10.7 Å². The van der Waals surface area contributed by atoms with Gasteiger partial charge in [-0.25, -0.2) is 0 Å². The molecule has 4 nitrogen and oxygen atoms in total. The lowest BCUT2D eigenvalue weighted by Crippen LogP contribution is -2.33. The molecular formula is C17H29N3O. The summed E-state index contributed by atoms with van der Waals surface area (Å²) in [4.78, 5) is 4.33. The van der Waals surface area contributed by atoms with Crippen molar-refractivity contribution in [2.75, 3.05) is 20.2 Å². The highest BCUT2D eigenvalue weighted by Gasteiger charge is 2.00. The molecule has 118 valence electrons. The third-order valence-corrected chi connectivity index (χ3v) is 3.49. The normalized spacial score (nSPS) is 11.5. The second-order valence-electron chi connectivity index (χ2n) is 5.31. The standard InChI is InChI=1S/C17H29N3O/c1-4-5-6-7-11-19-17(18)20-12-10-15-9-8-14(2)16(13-15)21-3/h8-9,13H,4-7,10-12H2,1-3H3,(H3,18,19,20). The number of benzene rings is 1. The quantitative estimate of drug-likeness (QED) is 0.418. The second-order valence-corrected chi connectivity index (χ2v) is 5.31. The highest BCUT2D eigenvalue weighted by atomic mass is 16.5. The van der Waals surface area contributed by atoms with Crippen molar-refractivity contribution in [2.45, 2.75) is 46.0 Å². The number of hydrogen-bond acceptors (Lipinski definition) is 2. The van der Waals surface area contributed by atoms with E-state index in [1.165, 1.54) is 24.8 Å². The predicted octanol–water partition coefficient (Wildman–Crippen LogP) is 3.03. The molecule has 1 rings (SSSR count). The zero-order chi connectivity index (χ0) is 15.5. The van der Waals surface area contributed by atoms with E-state index in [1.807, 2.05) is 6.92 Å². The van der Waals surface area contributed by atoms with Gasteiger partial charge in [-0.05, 0) is 37.0 Å². The summed E-state index contributed by atoms with van der Waals surface area (Å²) in [6, 6.07) is 6.28. The number of methoxy groups -OCH3 is 1. The summed E-state index contributed by atoms with van der Waals surface area (Å²) in [6.07, 6.45) is 5.78. The Labute approximate surface area is 128 Å². The van der Waals surface area contributed by atoms with Crippen molar-refractivity contribution in [3.8, 4) is 5.75 Å². The molecule has 1 aromatic carbocycles. The number of unbranched alkanes of at least 4 members (excludes halogenated alkanes) is 3. The van der Waals surface area contributed by atoms with Crippen LogP contribution in [0.4, 0.5) is 0 Å². The van der Waals surface area contributed by atoms with Crippen molar-refractivity contribution < 1.29 is 4.74 Å². The zero-order valence-electron chi connectivity index (χ0n) is 13.6.